The first-order valence-corrected chi connectivity index (χ1v) is 8.49. The van der Waals surface area contributed by atoms with Crippen LogP contribution in [0.4, 0.5) is 18.9 Å². The highest BCUT2D eigenvalue weighted by atomic mass is 32.2. The average Bonchev–Trinajstić information content (AvgIpc) is 2.60. The fourth-order valence-electron chi connectivity index (χ4n) is 2.16. The Bertz CT molecular complexity index is 889. The number of benzene rings is 2. The number of thioether (sulfide) groups is 1. The maximum absolute atomic E-state index is 12.9. The molecule has 0 amide bonds. The third-order valence-electron chi connectivity index (χ3n) is 3.36. The van der Waals surface area contributed by atoms with Crippen LogP contribution < -0.4 is 5.32 Å². The molecule has 2 aromatic carbocycles. The SMILES string of the molecule is Cc1cccc(CSC(Nc2cccc(C(F)(F)F)c2)=C(C#N)C#N)c1. The molecule has 2 rings (SSSR count). The van der Waals surface area contributed by atoms with Gasteiger partial charge >= 0.3 is 6.18 Å². The highest BCUT2D eigenvalue weighted by molar-refractivity contribution is 8.02. The van der Waals surface area contributed by atoms with Crippen molar-refractivity contribution in [1.29, 1.82) is 10.5 Å². The molecule has 0 radical (unpaired) electrons. The van der Waals surface area contributed by atoms with Crippen molar-refractivity contribution in [3.8, 4) is 12.1 Å². The second kappa shape index (κ2) is 8.46. The Morgan fingerprint density at radius 1 is 1.08 bits per heavy atom. The lowest BCUT2D eigenvalue weighted by Crippen LogP contribution is -2.06. The summed E-state index contributed by atoms with van der Waals surface area (Å²) < 4.78 is 38.6. The summed E-state index contributed by atoms with van der Waals surface area (Å²) in [5, 5.41) is 21.3. The van der Waals surface area contributed by atoms with E-state index in [2.05, 4.69) is 5.32 Å². The summed E-state index contributed by atoms with van der Waals surface area (Å²) in [6.07, 6.45) is -4.47. The third-order valence-corrected chi connectivity index (χ3v) is 4.44. The number of nitrogens with one attached hydrogen (secondary N) is 1. The van der Waals surface area contributed by atoms with Gasteiger partial charge in [-0.2, -0.15) is 23.7 Å². The van der Waals surface area contributed by atoms with Gasteiger partial charge in [0.15, 0.2) is 5.57 Å². The first kappa shape index (κ1) is 19.4. The van der Waals surface area contributed by atoms with Gasteiger partial charge in [0.1, 0.15) is 17.2 Å². The Balaban J connectivity index is 2.26. The number of rotatable bonds is 5. The largest absolute Gasteiger partial charge is 0.416 e. The number of nitriles is 2. The van der Waals surface area contributed by atoms with Crippen molar-refractivity contribution in [2.75, 3.05) is 5.32 Å². The molecule has 26 heavy (non-hydrogen) atoms. The molecule has 0 atom stereocenters. The van der Waals surface area contributed by atoms with Gasteiger partial charge < -0.3 is 5.32 Å². The summed E-state index contributed by atoms with van der Waals surface area (Å²) in [4.78, 5) is 0. The van der Waals surface area contributed by atoms with Crippen LogP contribution in [0.3, 0.4) is 0 Å². The number of alkyl halides is 3. The van der Waals surface area contributed by atoms with Gasteiger partial charge in [-0.05, 0) is 30.7 Å². The molecular weight excluding hydrogens is 359 g/mol. The molecule has 0 heterocycles. The zero-order valence-electron chi connectivity index (χ0n) is 13.8. The van der Waals surface area contributed by atoms with Gasteiger partial charge in [0.25, 0.3) is 0 Å². The van der Waals surface area contributed by atoms with Crippen LogP contribution in [0.5, 0.6) is 0 Å². The fourth-order valence-corrected chi connectivity index (χ4v) is 3.08. The molecule has 0 saturated carbocycles. The topological polar surface area (TPSA) is 59.6 Å². The van der Waals surface area contributed by atoms with Gasteiger partial charge in [-0.25, -0.2) is 0 Å². The molecule has 7 heteroatoms. The Kier molecular flexibility index (Phi) is 6.32. The molecule has 132 valence electrons. The van der Waals surface area contributed by atoms with E-state index in [1.807, 2.05) is 31.2 Å². The summed E-state index contributed by atoms with van der Waals surface area (Å²) >= 11 is 1.19. The minimum Gasteiger partial charge on any atom is -0.349 e. The number of aryl methyl sites for hydroxylation is 1. The van der Waals surface area contributed by atoms with Gasteiger partial charge in [0.2, 0.25) is 0 Å². The van der Waals surface area contributed by atoms with E-state index >= 15 is 0 Å². The molecule has 0 bridgehead atoms. The van der Waals surface area contributed by atoms with Crippen LogP contribution in [-0.2, 0) is 11.9 Å². The minimum absolute atomic E-state index is 0.162. The molecular formula is C19H14F3N3S. The molecule has 2 aromatic rings. The van der Waals surface area contributed by atoms with Crippen molar-refractivity contribution in [3.63, 3.8) is 0 Å². The number of halogens is 3. The summed E-state index contributed by atoms with van der Waals surface area (Å²) in [5.41, 5.74) is 1.23. The Morgan fingerprint density at radius 2 is 1.77 bits per heavy atom. The maximum atomic E-state index is 12.9. The number of anilines is 1. The van der Waals surface area contributed by atoms with Crippen LogP contribution in [0.1, 0.15) is 16.7 Å². The highest BCUT2D eigenvalue weighted by Gasteiger charge is 2.30. The standard InChI is InChI=1S/C19H14F3N3S/c1-13-4-2-5-14(8-13)12-26-18(15(10-23)11-24)25-17-7-3-6-16(9-17)19(20,21)22/h2-9,25H,12H2,1H3. The lowest BCUT2D eigenvalue weighted by molar-refractivity contribution is -0.137. The van der Waals surface area contributed by atoms with E-state index in [0.717, 1.165) is 23.3 Å². The second-order valence-corrected chi connectivity index (χ2v) is 6.39. The van der Waals surface area contributed by atoms with E-state index in [1.54, 1.807) is 12.1 Å². The summed E-state index contributed by atoms with van der Waals surface area (Å²) in [5.74, 6) is 0.468. The van der Waals surface area contributed by atoms with E-state index in [4.69, 9.17) is 10.5 Å². The van der Waals surface area contributed by atoms with Crippen molar-refractivity contribution in [2.45, 2.75) is 18.9 Å². The summed E-state index contributed by atoms with van der Waals surface area (Å²) in [6.45, 7) is 1.95. The van der Waals surface area contributed by atoms with Crippen LogP contribution >= 0.6 is 11.8 Å². The van der Waals surface area contributed by atoms with Crippen LogP contribution in [0.2, 0.25) is 0 Å². The number of allylic oxidation sites excluding steroid dienone is 1. The highest BCUT2D eigenvalue weighted by Crippen LogP contribution is 2.32. The fraction of sp³-hybridized carbons (Fsp3) is 0.158. The van der Waals surface area contributed by atoms with Crippen molar-refractivity contribution in [2.24, 2.45) is 0 Å². The molecule has 0 aliphatic rings. The van der Waals surface area contributed by atoms with Crippen molar-refractivity contribution < 1.29 is 13.2 Å². The molecule has 3 nitrogen and oxygen atoms in total. The number of nitrogens with zero attached hydrogens (tertiary/aromatic N) is 2. The van der Waals surface area contributed by atoms with E-state index < -0.39 is 11.7 Å². The molecule has 0 aliphatic carbocycles. The Hall–Kier alpha value is -2.90. The van der Waals surface area contributed by atoms with E-state index in [9.17, 15) is 13.2 Å². The zero-order valence-corrected chi connectivity index (χ0v) is 14.6. The predicted octanol–water partition coefficient (Wildman–Crippen LogP) is 5.62. The monoisotopic (exact) mass is 373 g/mol. The zero-order chi connectivity index (χ0) is 19.2. The number of hydrogen-bond donors (Lipinski definition) is 1. The van der Waals surface area contributed by atoms with Crippen LogP contribution in [-0.4, -0.2) is 0 Å². The lowest BCUT2D eigenvalue weighted by Gasteiger charge is -2.13. The molecule has 0 unspecified atom stereocenters. The van der Waals surface area contributed by atoms with Crippen molar-refractivity contribution >= 4 is 17.4 Å². The molecule has 0 aliphatic heterocycles. The van der Waals surface area contributed by atoms with Gasteiger partial charge in [-0.1, -0.05) is 35.9 Å². The summed E-state index contributed by atoms with van der Waals surface area (Å²) in [7, 11) is 0. The van der Waals surface area contributed by atoms with Gasteiger partial charge in [0.05, 0.1) is 5.56 Å². The van der Waals surface area contributed by atoms with E-state index in [0.29, 0.717) is 5.75 Å². The first-order valence-electron chi connectivity index (χ1n) is 7.50. The van der Waals surface area contributed by atoms with E-state index in [-0.39, 0.29) is 16.3 Å². The first-order chi connectivity index (χ1) is 12.3. The predicted molar refractivity (Wildman–Crippen MR) is 95.8 cm³/mol. The van der Waals surface area contributed by atoms with Crippen LogP contribution in [0.15, 0.2) is 59.1 Å². The third kappa shape index (κ3) is 5.30. The molecule has 0 spiro atoms. The van der Waals surface area contributed by atoms with Gasteiger partial charge in [-0.15, -0.1) is 11.8 Å². The van der Waals surface area contributed by atoms with E-state index in [1.165, 1.54) is 23.9 Å². The number of hydrogen-bond acceptors (Lipinski definition) is 4. The summed E-state index contributed by atoms with van der Waals surface area (Å²) in [6, 6.07) is 15.9. The van der Waals surface area contributed by atoms with Crippen molar-refractivity contribution in [1.82, 2.24) is 0 Å². The quantitative estimate of drug-likeness (QED) is 0.691. The van der Waals surface area contributed by atoms with Gasteiger partial charge in [-0.3, -0.25) is 0 Å². The lowest BCUT2D eigenvalue weighted by atomic mass is 10.2. The molecule has 0 saturated heterocycles. The normalized spacial score (nSPS) is 10.5. The maximum Gasteiger partial charge on any atom is 0.416 e. The minimum atomic E-state index is -4.47. The average molecular weight is 373 g/mol. The molecule has 0 aromatic heterocycles. The molecule has 0 fully saturated rings. The second-order valence-electron chi connectivity index (χ2n) is 5.41. The Morgan fingerprint density at radius 3 is 2.38 bits per heavy atom. The van der Waals surface area contributed by atoms with Gasteiger partial charge in [0, 0.05) is 11.4 Å². The van der Waals surface area contributed by atoms with Crippen LogP contribution in [0.25, 0.3) is 0 Å². The smallest absolute Gasteiger partial charge is 0.349 e. The Labute approximate surface area is 153 Å². The van der Waals surface area contributed by atoms with Crippen molar-refractivity contribution in [3.05, 3.63) is 75.8 Å². The molecule has 1 N–H and O–H groups in total. The van der Waals surface area contributed by atoms with Crippen LogP contribution in [0, 0.1) is 29.6 Å².